The maximum absolute atomic E-state index is 11.7. The van der Waals surface area contributed by atoms with Gasteiger partial charge in [0.1, 0.15) is 6.26 Å². The van der Waals surface area contributed by atoms with Gasteiger partial charge in [0.05, 0.1) is 20.6 Å². The van der Waals surface area contributed by atoms with E-state index in [-0.39, 0.29) is 5.91 Å². The Morgan fingerprint density at radius 3 is 2.88 bits per heavy atom. The Balaban J connectivity index is 2.38. The molecule has 0 fully saturated rings. The summed E-state index contributed by atoms with van der Waals surface area (Å²) in [5, 5.41) is 6.33. The Labute approximate surface area is 96.0 Å². The Hall–Kier alpha value is -1.36. The first kappa shape index (κ1) is 12.7. The lowest BCUT2D eigenvalue weighted by Crippen LogP contribution is -2.46. The molecule has 0 aliphatic rings. The number of carbonyl (C=O) groups excluding carboxylic acids is 1. The Bertz CT molecular complexity index is 320. The van der Waals surface area contributed by atoms with Gasteiger partial charge in [-0.25, -0.2) is 0 Å². The highest BCUT2D eigenvalue weighted by Crippen LogP contribution is 2.04. The van der Waals surface area contributed by atoms with Gasteiger partial charge in [0.2, 0.25) is 0 Å². The van der Waals surface area contributed by atoms with Crippen molar-refractivity contribution in [3.63, 3.8) is 0 Å². The van der Waals surface area contributed by atoms with Crippen molar-refractivity contribution in [1.82, 2.24) is 5.16 Å². The van der Waals surface area contributed by atoms with Crippen LogP contribution in [-0.4, -0.2) is 42.7 Å². The van der Waals surface area contributed by atoms with Crippen LogP contribution in [0.3, 0.4) is 0 Å². The van der Waals surface area contributed by atoms with Gasteiger partial charge in [-0.05, 0) is 6.42 Å². The van der Waals surface area contributed by atoms with Crippen LogP contribution in [0.4, 0.5) is 5.82 Å². The minimum absolute atomic E-state index is 0.0324. The first-order chi connectivity index (χ1) is 7.53. The zero-order valence-electron chi connectivity index (χ0n) is 10.2. The smallest absolute Gasteiger partial charge is 0.280 e. The van der Waals surface area contributed by atoms with Crippen molar-refractivity contribution in [3.8, 4) is 0 Å². The highest BCUT2D eigenvalue weighted by molar-refractivity contribution is 5.90. The Kier molecular flexibility index (Phi) is 4.49. The lowest BCUT2D eigenvalue weighted by Gasteiger charge is -2.28. The molecule has 1 rings (SSSR count). The zero-order valence-corrected chi connectivity index (χ0v) is 10.2. The lowest BCUT2D eigenvalue weighted by molar-refractivity contribution is -0.882. The molecule has 16 heavy (non-hydrogen) atoms. The average molecular weight is 226 g/mol. The van der Waals surface area contributed by atoms with Gasteiger partial charge in [0, 0.05) is 6.07 Å². The molecule has 0 aromatic carbocycles. The van der Waals surface area contributed by atoms with E-state index >= 15 is 0 Å². The normalized spacial score (nSPS) is 11.4. The van der Waals surface area contributed by atoms with E-state index in [1.807, 2.05) is 0 Å². The Morgan fingerprint density at radius 2 is 2.31 bits per heavy atom. The quantitative estimate of drug-likeness (QED) is 0.748. The number of hydrogen-bond donors (Lipinski definition) is 1. The van der Waals surface area contributed by atoms with Gasteiger partial charge in [-0.2, -0.15) is 0 Å². The van der Waals surface area contributed by atoms with Crippen LogP contribution in [0.5, 0.6) is 0 Å². The molecule has 1 aromatic heterocycles. The summed E-state index contributed by atoms with van der Waals surface area (Å²) in [5.74, 6) is 0.440. The number of aromatic nitrogens is 1. The number of rotatable bonds is 6. The monoisotopic (exact) mass is 226 g/mol. The summed E-state index contributed by atoms with van der Waals surface area (Å²) >= 11 is 0. The van der Waals surface area contributed by atoms with Crippen LogP contribution in [0.25, 0.3) is 0 Å². The fraction of sp³-hybridized carbons (Fsp3) is 0.636. The van der Waals surface area contributed by atoms with E-state index in [1.165, 1.54) is 6.26 Å². The molecule has 1 N–H and O–H groups in total. The van der Waals surface area contributed by atoms with Crippen molar-refractivity contribution in [2.75, 3.05) is 32.5 Å². The van der Waals surface area contributed by atoms with E-state index in [0.29, 0.717) is 16.8 Å². The van der Waals surface area contributed by atoms with Crippen LogP contribution in [-0.2, 0) is 4.79 Å². The van der Waals surface area contributed by atoms with Gasteiger partial charge in [0.15, 0.2) is 12.4 Å². The first-order valence-corrected chi connectivity index (χ1v) is 5.56. The van der Waals surface area contributed by atoms with E-state index in [0.717, 1.165) is 19.4 Å². The van der Waals surface area contributed by atoms with E-state index < -0.39 is 0 Å². The molecular formula is C11H20N3O2+. The second kappa shape index (κ2) is 5.65. The summed E-state index contributed by atoms with van der Waals surface area (Å²) in [4.78, 5) is 11.7. The maximum Gasteiger partial charge on any atom is 0.280 e. The third kappa shape index (κ3) is 4.44. The SMILES string of the molecule is CCCC[N+](C)(C)CC(=O)Nc1ccon1. The fourth-order valence-electron chi connectivity index (χ4n) is 1.51. The van der Waals surface area contributed by atoms with Crippen LogP contribution in [0.1, 0.15) is 19.8 Å². The second-order valence-corrected chi connectivity index (χ2v) is 4.60. The third-order valence-corrected chi connectivity index (χ3v) is 2.39. The number of nitrogens with one attached hydrogen (secondary N) is 1. The molecule has 1 heterocycles. The predicted octanol–water partition coefficient (Wildman–Crippen LogP) is 1.49. The first-order valence-electron chi connectivity index (χ1n) is 5.56. The van der Waals surface area contributed by atoms with Crippen molar-refractivity contribution in [2.24, 2.45) is 0 Å². The topological polar surface area (TPSA) is 55.1 Å². The van der Waals surface area contributed by atoms with Crippen LogP contribution in [0.2, 0.25) is 0 Å². The minimum atomic E-state index is -0.0324. The summed E-state index contributed by atoms with van der Waals surface area (Å²) in [6.07, 6.45) is 3.71. The zero-order chi connectivity index (χ0) is 12.0. The lowest BCUT2D eigenvalue weighted by atomic mass is 10.3. The maximum atomic E-state index is 11.7. The number of hydrogen-bond acceptors (Lipinski definition) is 3. The molecule has 0 unspecified atom stereocenters. The van der Waals surface area contributed by atoms with Crippen LogP contribution < -0.4 is 5.32 Å². The Morgan fingerprint density at radius 1 is 1.56 bits per heavy atom. The van der Waals surface area contributed by atoms with Crippen LogP contribution in [0, 0.1) is 0 Å². The molecule has 90 valence electrons. The molecule has 0 spiro atoms. The van der Waals surface area contributed by atoms with Gasteiger partial charge >= 0.3 is 0 Å². The highest BCUT2D eigenvalue weighted by atomic mass is 16.5. The highest BCUT2D eigenvalue weighted by Gasteiger charge is 2.19. The molecule has 1 aromatic rings. The van der Waals surface area contributed by atoms with E-state index in [1.54, 1.807) is 6.07 Å². The molecular weight excluding hydrogens is 206 g/mol. The minimum Gasteiger partial charge on any atom is -0.363 e. The molecule has 0 aliphatic heterocycles. The number of quaternary nitrogens is 1. The molecule has 0 saturated heterocycles. The van der Waals surface area contributed by atoms with Crippen molar-refractivity contribution in [3.05, 3.63) is 12.3 Å². The van der Waals surface area contributed by atoms with Gasteiger partial charge in [-0.15, -0.1) is 0 Å². The predicted molar refractivity (Wildman–Crippen MR) is 61.9 cm³/mol. The van der Waals surface area contributed by atoms with Crippen LogP contribution >= 0.6 is 0 Å². The number of unbranched alkanes of at least 4 members (excludes halogenated alkanes) is 1. The largest absolute Gasteiger partial charge is 0.363 e. The molecule has 1 amide bonds. The molecule has 5 heteroatoms. The summed E-state index contributed by atoms with van der Waals surface area (Å²) < 4.78 is 5.33. The second-order valence-electron chi connectivity index (χ2n) is 4.60. The van der Waals surface area contributed by atoms with E-state index in [4.69, 9.17) is 0 Å². The number of likely N-dealkylation sites (N-methyl/N-ethyl adjacent to an activating group) is 1. The standard InChI is InChI=1S/C11H19N3O2/c1-4-5-7-14(2,3)9-11(15)12-10-6-8-16-13-10/h6,8H,4-5,7,9H2,1-3H3/p+1. The number of nitrogens with zero attached hydrogens (tertiary/aromatic N) is 2. The van der Waals surface area contributed by atoms with Gasteiger partial charge < -0.3 is 14.3 Å². The number of anilines is 1. The molecule has 5 nitrogen and oxygen atoms in total. The summed E-state index contributed by atoms with van der Waals surface area (Å²) in [6.45, 7) is 3.60. The fourth-order valence-corrected chi connectivity index (χ4v) is 1.51. The molecule has 0 atom stereocenters. The third-order valence-electron chi connectivity index (χ3n) is 2.39. The van der Waals surface area contributed by atoms with Crippen molar-refractivity contribution >= 4 is 11.7 Å². The van der Waals surface area contributed by atoms with E-state index in [9.17, 15) is 4.79 Å². The molecule has 0 saturated carbocycles. The van der Waals surface area contributed by atoms with Gasteiger partial charge in [-0.3, -0.25) is 4.79 Å². The molecule has 0 radical (unpaired) electrons. The van der Waals surface area contributed by atoms with Crippen molar-refractivity contribution in [1.29, 1.82) is 0 Å². The van der Waals surface area contributed by atoms with Crippen molar-refractivity contribution < 1.29 is 13.8 Å². The summed E-state index contributed by atoms with van der Waals surface area (Å²) in [7, 11) is 4.11. The molecule has 0 bridgehead atoms. The summed E-state index contributed by atoms with van der Waals surface area (Å²) in [6, 6.07) is 1.63. The van der Waals surface area contributed by atoms with Gasteiger partial charge in [-0.1, -0.05) is 18.5 Å². The summed E-state index contributed by atoms with van der Waals surface area (Å²) in [5.41, 5.74) is 0. The number of amides is 1. The van der Waals surface area contributed by atoms with E-state index in [2.05, 4.69) is 36.0 Å². The molecule has 0 aliphatic carbocycles. The number of carbonyl (C=O) groups is 1. The van der Waals surface area contributed by atoms with Gasteiger partial charge in [0.25, 0.3) is 5.91 Å². The van der Waals surface area contributed by atoms with Crippen molar-refractivity contribution in [2.45, 2.75) is 19.8 Å². The average Bonchev–Trinajstić information content (AvgIpc) is 2.66. The van der Waals surface area contributed by atoms with Crippen LogP contribution in [0.15, 0.2) is 16.9 Å².